The van der Waals surface area contributed by atoms with Crippen molar-refractivity contribution in [3.63, 3.8) is 0 Å². The normalized spacial score (nSPS) is 19.8. The number of hydrogen-bond donors (Lipinski definition) is 3. The molecule has 6 nitrogen and oxygen atoms in total. The highest BCUT2D eigenvalue weighted by Gasteiger charge is 2.28. The van der Waals surface area contributed by atoms with Crippen LogP contribution in [0.5, 0.6) is 0 Å². The van der Waals surface area contributed by atoms with Crippen molar-refractivity contribution in [3.05, 3.63) is 46.0 Å². The van der Waals surface area contributed by atoms with E-state index < -0.39 is 5.82 Å². The lowest BCUT2D eigenvalue weighted by Crippen LogP contribution is -2.38. The van der Waals surface area contributed by atoms with Gasteiger partial charge in [0.15, 0.2) is 5.69 Å². The molecule has 2 aliphatic rings. The van der Waals surface area contributed by atoms with Gasteiger partial charge in [0.1, 0.15) is 5.82 Å². The maximum Gasteiger partial charge on any atom is 0.272 e. The zero-order valence-electron chi connectivity index (χ0n) is 13.6. The first kappa shape index (κ1) is 16.4. The van der Waals surface area contributed by atoms with Gasteiger partial charge in [-0.1, -0.05) is 11.6 Å². The fraction of sp³-hybridized carbons (Fsp3) is 0.412. The monoisotopic (exact) mass is 363 g/mol. The first-order valence-electron chi connectivity index (χ1n) is 8.39. The molecule has 3 heterocycles. The lowest BCUT2D eigenvalue weighted by atomic mass is 10.1. The van der Waals surface area contributed by atoms with Crippen LogP contribution in [0.15, 0.2) is 18.2 Å². The van der Waals surface area contributed by atoms with Gasteiger partial charge in [-0.05, 0) is 24.6 Å². The highest BCUT2D eigenvalue weighted by molar-refractivity contribution is 6.30. The highest BCUT2D eigenvalue weighted by atomic mass is 35.5. The third-order valence-corrected chi connectivity index (χ3v) is 5.12. The Morgan fingerprint density at radius 3 is 3.16 bits per heavy atom. The number of amides is 1. The van der Waals surface area contributed by atoms with E-state index in [9.17, 15) is 9.18 Å². The summed E-state index contributed by atoms with van der Waals surface area (Å²) in [7, 11) is 0. The van der Waals surface area contributed by atoms with Crippen molar-refractivity contribution in [3.8, 4) is 0 Å². The zero-order valence-corrected chi connectivity index (χ0v) is 14.4. The van der Waals surface area contributed by atoms with Crippen LogP contribution in [0.3, 0.4) is 0 Å². The van der Waals surface area contributed by atoms with E-state index in [1.807, 2.05) is 4.90 Å². The number of fused-ring (bicyclic) bond motifs is 1. The molecule has 1 fully saturated rings. The molecule has 1 unspecified atom stereocenters. The SMILES string of the molecule is O=C(NC1CCN(c2ccc(Cl)c(F)c2)C1)c1n[nH]c2c1CNCC2. The van der Waals surface area contributed by atoms with Crippen LogP contribution in [-0.4, -0.2) is 41.8 Å². The van der Waals surface area contributed by atoms with Gasteiger partial charge in [0.2, 0.25) is 0 Å². The Labute approximate surface area is 149 Å². The molecule has 1 saturated heterocycles. The molecule has 1 aromatic heterocycles. The van der Waals surface area contributed by atoms with E-state index in [1.54, 1.807) is 12.1 Å². The second-order valence-electron chi connectivity index (χ2n) is 6.46. The summed E-state index contributed by atoms with van der Waals surface area (Å²) >= 11 is 5.73. The summed E-state index contributed by atoms with van der Waals surface area (Å²) in [6, 6.07) is 4.80. The Kier molecular flexibility index (Phi) is 4.35. The number of carbonyl (C=O) groups excluding carboxylic acids is 1. The molecule has 1 atom stereocenters. The Bertz CT molecular complexity index is 808. The fourth-order valence-electron chi connectivity index (χ4n) is 3.46. The molecule has 0 spiro atoms. The Morgan fingerprint density at radius 2 is 2.32 bits per heavy atom. The van der Waals surface area contributed by atoms with Crippen LogP contribution < -0.4 is 15.5 Å². The van der Waals surface area contributed by atoms with Gasteiger partial charge in [-0.15, -0.1) is 0 Å². The number of carbonyl (C=O) groups is 1. The Morgan fingerprint density at radius 1 is 1.44 bits per heavy atom. The van der Waals surface area contributed by atoms with Gasteiger partial charge in [0, 0.05) is 55.6 Å². The molecule has 1 aromatic carbocycles. The predicted octanol–water partition coefficient (Wildman–Crippen LogP) is 1.86. The lowest BCUT2D eigenvalue weighted by Gasteiger charge is -2.19. The number of benzene rings is 1. The molecule has 25 heavy (non-hydrogen) atoms. The minimum Gasteiger partial charge on any atom is -0.369 e. The number of H-pyrrole nitrogens is 1. The maximum atomic E-state index is 13.6. The first-order chi connectivity index (χ1) is 12.1. The summed E-state index contributed by atoms with van der Waals surface area (Å²) < 4.78 is 13.6. The molecule has 0 bridgehead atoms. The van der Waals surface area contributed by atoms with Crippen LogP contribution in [0.1, 0.15) is 28.2 Å². The molecule has 2 aromatic rings. The largest absolute Gasteiger partial charge is 0.369 e. The molecule has 4 rings (SSSR count). The van der Waals surface area contributed by atoms with Gasteiger partial charge >= 0.3 is 0 Å². The van der Waals surface area contributed by atoms with Crippen molar-refractivity contribution in [2.24, 2.45) is 0 Å². The molecule has 3 N–H and O–H groups in total. The number of nitrogens with one attached hydrogen (secondary N) is 3. The van der Waals surface area contributed by atoms with E-state index >= 15 is 0 Å². The van der Waals surface area contributed by atoms with E-state index in [1.165, 1.54) is 6.07 Å². The number of aromatic amines is 1. The molecule has 8 heteroatoms. The van der Waals surface area contributed by atoms with Crippen LogP contribution >= 0.6 is 11.6 Å². The topological polar surface area (TPSA) is 73.0 Å². The summed E-state index contributed by atoms with van der Waals surface area (Å²) in [5, 5.41) is 13.6. The van der Waals surface area contributed by atoms with Gasteiger partial charge in [0.25, 0.3) is 5.91 Å². The Hall–Kier alpha value is -2.12. The molecular weight excluding hydrogens is 345 g/mol. The summed E-state index contributed by atoms with van der Waals surface area (Å²) in [5.74, 6) is -0.586. The van der Waals surface area contributed by atoms with Crippen molar-refractivity contribution in [1.29, 1.82) is 0 Å². The molecule has 1 amide bonds. The van der Waals surface area contributed by atoms with Crippen molar-refractivity contribution in [2.45, 2.75) is 25.4 Å². The minimum atomic E-state index is -0.428. The molecule has 2 aliphatic heterocycles. The van der Waals surface area contributed by atoms with Gasteiger partial charge < -0.3 is 15.5 Å². The molecule has 0 saturated carbocycles. The van der Waals surface area contributed by atoms with Gasteiger partial charge in [-0.3, -0.25) is 9.89 Å². The van der Waals surface area contributed by atoms with Crippen LogP contribution in [0, 0.1) is 5.82 Å². The Balaban J connectivity index is 1.41. The zero-order chi connectivity index (χ0) is 17.4. The quantitative estimate of drug-likeness (QED) is 0.778. The van der Waals surface area contributed by atoms with Gasteiger partial charge in [-0.25, -0.2) is 4.39 Å². The number of nitrogens with zero attached hydrogens (tertiary/aromatic N) is 2. The standard InChI is InChI=1S/C17H19ClFN5O/c18-13-2-1-11(7-14(13)19)24-6-4-10(9-24)21-17(25)16-12-8-20-5-3-15(12)22-23-16/h1-2,7,10,20H,3-6,8-9H2,(H,21,25)(H,22,23). The number of hydrogen-bond acceptors (Lipinski definition) is 4. The van der Waals surface area contributed by atoms with Crippen molar-refractivity contribution in [1.82, 2.24) is 20.8 Å². The molecule has 0 radical (unpaired) electrons. The third-order valence-electron chi connectivity index (χ3n) is 4.81. The van der Waals surface area contributed by atoms with E-state index in [0.717, 1.165) is 42.9 Å². The summed E-state index contributed by atoms with van der Waals surface area (Å²) in [6.07, 6.45) is 1.66. The lowest BCUT2D eigenvalue weighted by molar-refractivity contribution is 0.0934. The average molecular weight is 364 g/mol. The van der Waals surface area contributed by atoms with Crippen LogP contribution in [0.4, 0.5) is 10.1 Å². The smallest absolute Gasteiger partial charge is 0.272 e. The predicted molar refractivity (Wildman–Crippen MR) is 93.5 cm³/mol. The minimum absolute atomic E-state index is 0.00939. The van der Waals surface area contributed by atoms with Crippen molar-refractivity contribution in [2.75, 3.05) is 24.5 Å². The number of anilines is 1. The second-order valence-corrected chi connectivity index (χ2v) is 6.87. The summed E-state index contributed by atoms with van der Waals surface area (Å²) in [4.78, 5) is 14.6. The van der Waals surface area contributed by atoms with Gasteiger partial charge in [-0.2, -0.15) is 5.10 Å². The fourth-order valence-corrected chi connectivity index (χ4v) is 3.58. The number of halogens is 2. The number of aromatic nitrogens is 2. The molecule has 132 valence electrons. The van der Waals surface area contributed by atoms with E-state index in [0.29, 0.717) is 18.8 Å². The van der Waals surface area contributed by atoms with Crippen LogP contribution in [-0.2, 0) is 13.0 Å². The van der Waals surface area contributed by atoms with Gasteiger partial charge in [0.05, 0.1) is 5.02 Å². The van der Waals surface area contributed by atoms with E-state index in [2.05, 4.69) is 20.8 Å². The summed E-state index contributed by atoms with van der Waals surface area (Å²) in [5.41, 5.74) is 3.24. The highest BCUT2D eigenvalue weighted by Crippen LogP contribution is 2.25. The first-order valence-corrected chi connectivity index (χ1v) is 8.77. The van der Waals surface area contributed by atoms with Crippen molar-refractivity contribution >= 4 is 23.2 Å². The summed E-state index contributed by atoms with van der Waals surface area (Å²) in [6.45, 7) is 2.95. The molecule has 0 aliphatic carbocycles. The maximum absolute atomic E-state index is 13.6. The average Bonchev–Trinajstić information content (AvgIpc) is 3.24. The van der Waals surface area contributed by atoms with Crippen molar-refractivity contribution < 1.29 is 9.18 Å². The number of rotatable bonds is 3. The van der Waals surface area contributed by atoms with Crippen LogP contribution in [0.2, 0.25) is 5.02 Å². The van der Waals surface area contributed by atoms with Crippen LogP contribution in [0.25, 0.3) is 0 Å². The third kappa shape index (κ3) is 3.21. The second kappa shape index (κ2) is 6.65. The van der Waals surface area contributed by atoms with E-state index in [-0.39, 0.29) is 17.0 Å². The molecular formula is C17H19ClFN5O. The van der Waals surface area contributed by atoms with E-state index in [4.69, 9.17) is 11.6 Å².